The Morgan fingerprint density at radius 2 is 2.10 bits per heavy atom. The van der Waals surface area contributed by atoms with E-state index in [0.717, 1.165) is 13.0 Å². The molecule has 62 valence electrons. The lowest BCUT2D eigenvalue weighted by Crippen LogP contribution is -2.32. The maximum Gasteiger partial charge on any atom is 0.121 e. The zero-order chi connectivity index (χ0) is 7.98. The van der Waals surface area contributed by atoms with Gasteiger partial charge in [0, 0.05) is 27.1 Å². The summed E-state index contributed by atoms with van der Waals surface area (Å²) in [5.41, 5.74) is 3.11. The molecule has 0 saturated carbocycles. The van der Waals surface area contributed by atoms with Crippen LogP contribution in [0.2, 0.25) is 0 Å². The van der Waals surface area contributed by atoms with E-state index in [4.69, 9.17) is 4.74 Å². The third-order valence-corrected chi connectivity index (χ3v) is 1.38. The van der Waals surface area contributed by atoms with Gasteiger partial charge in [0.2, 0.25) is 0 Å². The van der Waals surface area contributed by atoms with Crippen molar-refractivity contribution >= 4 is 0 Å². The number of rotatable bonds is 1. The standard InChI is InChI=1S/C5H12N2O.C2H6/c1-7-4-3-5(6-7)8-2;1-2/h5-6H,3-4H2,1-2H3;1-2H3. The molecule has 0 amide bonds. The minimum Gasteiger partial charge on any atom is -0.365 e. The molecule has 0 bridgehead atoms. The zero-order valence-corrected chi connectivity index (χ0v) is 7.35. The first kappa shape index (κ1) is 9.88. The van der Waals surface area contributed by atoms with Crippen LogP contribution in [-0.4, -0.2) is 31.9 Å². The molecule has 3 nitrogen and oxygen atoms in total. The molecule has 0 aliphatic carbocycles. The molecule has 1 unspecified atom stereocenters. The normalized spacial score (nSPS) is 25.8. The highest BCUT2D eigenvalue weighted by Gasteiger charge is 2.16. The van der Waals surface area contributed by atoms with Gasteiger partial charge in [-0.3, -0.25) is 0 Å². The van der Waals surface area contributed by atoms with Crippen LogP contribution in [0.3, 0.4) is 0 Å². The van der Waals surface area contributed by atoms with Crippen LogP contribution in [0.25, 0.3) is 0 Å². The molecule has 1 saturated heterocycles. The number of hydrazine groups is 1. The molecule has 1 aliphatic rings. The van der Waals surface area contributed by atoms with Crippen LogP contribution in [0.15, 0.2) is 0 Å². The van der Waals surface area contributed by atoms with Crippen molar-refractivity contribution < 1.29 is 4.74 Å². The van der Waals surface area contributed by atoms with Crippen molar-refractivity contribution in [3.8, 4) is 0 Å². The maximum absolute atomic E-state index is 5.03. The van der Waals surface area contributed by atoms with Crippen molar-refractivity contribution in [3.63, 3.8) is 0 Å². The highest BCUT2D eigenvalue weighted by Crippen LogP contribution is 2.01. The van der Waals surface area contributed by atoms with Gasteiger partial charge in [0.05, 0.1) is 0 Å². The van der Waals surface area contributed by atoms with Crippen molar-refractivity contribution in [1.29, 1.82) is 0 Å². The van der Waals surface area contributed by atoms with Gasteiger partial charge < -0.3 is 4.74 Å². The number of ether oxygens (including phenoxy) is 1. The van der Waals surface area contributed by atoms with Crippen molar-refractivity contribution in [2.24, 2.45) is 0 Å². The Kier molecular flexibility index (Phi) is 5.58. The molecular formula is C7H18N2O. The van der Waals surface area contributed by atoms with Crippen LogP contribution in [-0.2, 0) is 4.74 Å². The number of nitrogens with one attached hydrogen (secondary N) is 1. The Hall–Kier alpha value is -0.120. The first-order valence-electron chi connectivity index (χ1n) is 3.83. The average molecular weight is 146 g/mol. The lowest BCUT2D eigenvalue weighted by Gasteiger charge is -2.09. The molecule has 0 aromatic rings. The lowest BCUT2D eigenvalue weighted by atomic mass is 10.4. The van der Waals surface area contributed by atoms with Gasteiger partial charge in [-0.15, -0.1) is 0 Å². The minimum absolute atomic E-state index is 0.250. The Bertz CT molecular complexity index is 78.0. The van der Waals surface area contributed by atoms with E-state index in [1.54, 1.807) is 7.11 Å². The topological polar surface area (TPSA) is 24.5 Å². The summed E-state index contributed by atoms with van der Waals surface area (Å²) in [5.74, 6) is 0. The monoisotopic (exact) mass is 146 g/mol. The van der Waals surface area contributed by atoms with Gasteiger partial charge in [0.25, 0.3) is 0 Å². The third kappa shape index (κ3) is 3.15. The molecule has 0 spiro atoms. The zero-order valence-electron chi connectivity index (χ0n) is 7.35. The second-order valence-electron chi connectivity index (χ2n) is 2.06. The van der Waals surface area contributed by atoms with Crippen molar-refractivity contribution in [2.45, 2.75) is 26.5 Å². The largest absolute Gasteiger partial charge is 0.365 e. The van der Waals surface area contributed by atoms with E-state index in [0.29, 0.717) is 0 Å². The highest BCUT2D eigenvalue weighted by molar-refractivity contribution is 4.62. The van der Waals surface area contributed by atoms with E-state index in [1.165, 1.54) is 0 Å². The molecule has 0 radical (unpaired) electrons. The van der Waals surface area contributed by atoms with Crippen LogP contribution in [0.1, 0.15) is 20.3 Å². The molecule has 1 heterocycles. The first-order chi connectivity index (χ1) is 4.83. The molecule has 1 N–H and O–H groups in total. The predicted molar refractivity (Wildman–Crippen MR) is 42.5 cm³/mol. The fourth-order valence-electron chi connectivity index (χ4n) is 0.856. The smallest absolute Gasteiger partial charge is 0.121 e. The number of nitrogens with zero attached hydrogens (tertiary/aromatic N) is 1. The minimum atomic E-state index is 0.250. The Labute approximate surface area is 63.3 Å². The first-order valence-corrected chi connectivity index (χ1v) is 3.83. The fourth-order valence-corrected chi connectivity index (χ4v) is 0.856. The summed E-state index contributed by atoms with van der Waals surface area (Å²) in [5, 5.41) is 2.04. The molecule has 3 heteroatoms. The van der Waals surface area contributed by atoms with Crippen molar-refractivity contribution in [1.82, 2.24) is 10.4 Å². The van der Waals surface area contributed by atoms with Crippen LogP contribution in [0.5, 0.6) is 0 Å². The predicted octanol–water partition coefficient (Wildman–Crippen LogP) is 0.825. The second-order valence-corrected chi connectivity index (χ2v) is 2.06. The van der Waals surface area contributed by atoms with Gasteiger partial charge >= 0.3 is 0 Å². The molecule has 0 aromatic carbocycles. The van der Waals surface area contributed by atoms with Crippen LogP contribution >= 0.6 is 0 Å². The van der Waals surface area contributed by atoms with Gasteiger partial charge in [-0.2, -0.15) is 0 Å². The van der Waals surface area contributed by atoms with E-state index in [1.807, 2.05) is 25.9 Å². The van der Waals surface area contributed by atoms with E-state index >= 15 is 0 Å². The van der Waals surface area contributed by atoms with Crippen LogP contribution < -0.4 is 5.43 Å². The highest BCUT2D eigenvalue weighted by atomic mass is 16.5. The third-order valence-electron chi connectivity index (χ3n) is 1.38. The quantitative estimate of drug-likeness (QED) is 0.593. The molecule has 1 rings (SSSR count). The molecule has 1 aliphatic heterocycles. The molecule has 1 atom stereocenters. The second kappa shape index (κ2) is 5.65. The summed E-state index contributed by atoms with van der Waals surface area (Å²) in [6, 6.07) is 0. The summed E-state index contributed by atoms with van der Waals surface area (Å²) < 4.78 is 5.03. The van der Waals surface area contributed by atoms with E-state index in [-0.39, 0.29) is 6.23 Å². The van der Waals surface area contributed by atoms with Gasteiger partial charge in [-0.05, 0) is 0 Å². The molecule has 10 heavy (non-hydrogen) atoms. The Morgan fingerprint density at radius 1 is 1.50 bits per heavy atom. The summed E-state index contributed by atoms with van der Waals surface area (Å²) >= 11 is 0. The van der Waals surface area contributed by atoms with Crippen molar-refractivity contribution in [2.75, 3.05) is 20.7 Å². The number of hydrogen-bond donors (Lipinski definition) is 1. The van der Waals surface area contributed by atoms with E-state index in [9.17, 15) is 0 Å². The van der Waals surface area contributed by atoms with Crippen LogP contribution in [0, 0.1) is 0 Å². The fraction of sp³-hybridized carbons (Fsp3) is 1.00. The molecular weight excluding hydrogens is 128 g/mol. The van der Waals surface area contributed by atoms with Gasteiger partial charge in [0.15, 0.2) is 0 Å². The number of methoxy groups -OCH3 is 1. The van der Waals surface area contributed by atoms with Crippen LogP contribution in [0.4, 0.5) is 0 Å². The summed E-state index contributed by atoms with van der Waals surface area (Å²) in [6.45, 7) is 5.08. The molecule has 0 aromatic heterocycles. The van der Waals surface area contributed by atoms with Crippen molar-refractivity contribution in [3.05, 3.63) is 0 Å². The van der Waals surface area contributed by atoms with Gasteiger partial charge in [-0.25, -0.2) is 10.4 Å². The average Bonchev–Trinajstić information content (AvgIpc) is 2.40. The summed E-state index contributed by atoms with van der Waals surface area (Å²) in [7, 11) is 3.73. The molecule has 1 fully saturated rings. The van der Waals surface area contributed by atoms with E-state index in [2.05, 4.69) is 5.43 Å². The summed E-state index contributed by atoms with van der Waals surface area (Å²) in [4.78, 5) is 0. The van der Waals surface area contributed by atoms with Gasteiger partial charge in [0.1, 0.15) is 6.23 Å². The van der Waals surface area contributed by atoms with Gasteiger partial charge in [-0.1, -0.05) is 13.8 Å². The Morgan fingerprint density at radius 3 is 2.30 bits per heavy atom. The summed E-state index contributed by atoms with van der Waals surface area (Å²) in [6.07, 6.45) is 1.34. The van der Waals surface area contributed by atoms with E-state index < -0.39 is 0 Å². The lowest BCUT2D eigenvalue weighted by molar-refractivity contribution is 0.0632. The maximum atomic E-state index is 5.03. The number of hydrogen-bond acceptors (Lipinski definition) is 3. The SMILES string of the molecule is CC.COC1CCN(C)N1. The Balaban J connectivity index is 0.000000371.